The molecule has 0 saturated heterocycles. The Morgan fingerprint density at radius 1 is 1.50 bits per heavy atom. The molecule has 0 aliphatic heterocycles. The molecule has 18 heavy (non-hydrogen) atoms. The number of carboxylic acid groups (broad SMARTS) is 1. The number of anilines is 2. The Morgan fingerprint density at radius 3 is 3.00 bits per heavy atom. The monoisotopic (exact) mass is 248 g/mol. The van der Waals surface area contributed by atoms with Crippen LogP contribution in [0.1, 0.15) is 16.2 Å². The highest BCUT2D eigenvalue weighted by atomic mass is 16.5. The van der Waals surface area contributed by atoms with Gasteiger partial charge in [0.25, 0.3) is 0 Å². The van der Waals surface area contributed by atoms with Gasteiger partial charge < -0.3 is 20.7 Å². The minimum atomic E-state index is -0.991. The molecule has 0 aliphatic rings. The molecule has 0 saturated carbocycles. The summed E-state index contributed by atoms with van der Waals surface area (Å²) < 4.78 is 4.84. The maximum absolute atomic E-state index is 10.8. The van der Waals surface area contributed by atoms with Crippen LogP contribution >= 0.6 is 0 Å². The van der Waals surface area contributed by atoms with Gasteiger partial charge in [-0.25, -0.2) is 4.79 Å². The maximum atomic E-state index is 10.8. The van der Waals surface area contributed by atoms with E-state index in [1.165, 1.54) is 18.5 Å². The third-order valence-electron chi connectivity index (χ3n) is 2.36. The van der Waals surface area contributed by atoms with E-state index in [0.717, 1.165) is 0 Å². The summed E-state index contributed by atoms with van der Waals surface area (Å²) in [5, 5.41) is 15.4. The summed E-state index contributed by atoms with van der Waals surface area (Å²) in [4.78, 5) is 14.7. The largest absolute Gasteiger partial charge is 0.478 e. The topological polar surface area (TPSA) is 114 Å². The number of benzene rings is 1. The first-order valence-corrected chi connectivity index (χ1v) is 5.29. The molecule has 7 heteroatoms. The second-order valence-electron chi connectivity index (χ2n) is 3.62. The minimum Gasteiger partial charge on any atom is -0.478 e. The van der Waals surface area contributed by atoms with Crippen LogP contribution < -0.4 is 11.1 Å². The third kappa shape index (κ3) is 2.76. The van der Waals surface area contributed by atoms with Gasteiger partial charge in [0, 0.05) is 13.0 Å². The molecule has 2 rings (SSSR count). The summed E-state index contributed by atoms with van der Waals surface area (Å²) >= 11 is 0. The molecular formula is C11H12N4O3. The number of aromatic carboxylic acids is 1. The summed E-state index contributed by atoms with van der Waals surface area (Å²) in [6, 6.07) is 4.50. The summed E-state index contributed by atoms with van der Waals surface area (Å²) in [5.74, 6) is -0.481. The van der Waals surface area contributed by atoms with Crippen molar-refractivity contribution in [3.63, 3.8) is 0 Å². The lowest BCUT2D eigenvalue weighted by atomic mass is 10.1. The molecule has 0 amide bonds. The van der Waals surface area contributed by atoms with Gasteiger partial charge in [0.1, 0.15) is 0 Å². The van der Waals surface area contributed by atoms with Gasteiger partial charge in [-0.1, -0.05) is 5.16 Å². The zero-order chi connectivity index (χ0) is 13.0. The average Bonchev–Trinajstić information content (AvgIpc) is 2.84. The highest BCUT2D eigenvalue weighted by Crippen LogP contribution is 2.19. The number of nitrogen functional groups attached to an aromatic ring is 1. The fourth-order valence-electron chi connectivity index (χ4n) is 1.45. The number of rotatable bonds is 5. The standard InChI is InChI=1S/C11H12N4O3/c12-8-2-1-7(11(16)17)5-9(8)13-4-3-10-14-6-15-18-10/h1-2,5-6,13H,3-4,12H2,(H,16,17). The number of nitrogens with one attached hydrogen (secondary N) is 1. The van der Waals surface area contributed by atoms with Crippen molar-refractivity contribution in [3.8, 4) is 0 Å². The number of carbonyl (C=O) groups is 1. The molecule has 1 aromatic heterocycles. The highest BCUT2D eigenvalue weighted by molar-refractivity contribution is 5.90. The first kappa shape index (κ1) is 11.9. The van der Waals surface area contributed by atoms with Crippen LogP contribution in [-0.4, -0.2) is 27.8 Å². The molecule has 94 valence electrons. The Bertz CT molecular complexity index is 539. The van der Waals surface area contributed by atoms with Crippen molar-refractivity contribution in [3.05, 3.63) is 36.0 Å². The maximum Gasteiger partial charge on any atom is 0.335 e. The lowest BCUT2D eigenvalue weighted by molar-refractivity contribution is 0.0697. The van der Waals surface area contributed by atoms with Crippen LogP contribution in [0.25, 0.3) is 0 Å². The molecule has 0 bridgehead atoms. The lowest BCUT2D eigenvalue weighted by Crippen LogP contribution is -2.08. The molecule has 7 nitrogen and oxygen atoms in total. The number of nitrogens with zero attached hydrogens (tertiary/aromatic N) is 2. The van der Waals surface area contributed by atoms with Gasteiger partial charge in [-0.2, -0.15) is 4.98 Å². The summed E-state index contributed by atoms with van der Waals surface area (Å²) in [6.07, 6.45) is 1.87. The average molecular weight is 248 g/mol. The van der Waals surface area contributed by atoms with Crippen LogP contribution in [0.5, 0.6) is 0 Å². The van der Waals surface area contributed by atoms with Gasteiger partial charge in [0.15, 0.2) is 6.33 Å². The Labute approximate surface area is 103 Å². The molecular weight excluding hydrogens is 236 g/mol. The Kier molecular flexibility index (Phi) is 3.42. The normalized spacial score (nSPS) is 10.2. The van der Waals surface area contributed by atoms with E-state index in [1.54, 1.807) is 6.07 Å². The zero-order valence-corrected chi connectivity index (χ0v) is 9.46. The van der Waals surface area contributed by atoms with Crippen LogP contribution in [0, 0.1) is 0 Å². The van der Waals surface area contributed by atoms with E-state index in [0.29, 0.717) is 30.2 Å². The molecule has 0 fully saturated rings. The summed E-state index contributed by atoms with van der Waals surface area (Å²) in [7, 11) is 0. The Hall–Kier alpha value is -2.57. The van der Waals surface area contributed by atoms with Crippen molar-refractivity contribution in [2.24, 2.45) is 0 Å². The number of carboxylic acids is 1. The second kappa shape index (κ2) is 5.17. The van der Waals surface area contributed by atoms with E-state index >= 15 is 0 Å². The predicted octanol–water partition coefficient (Wildman–Crippen LogP) is 1.00. The van der Waals surface area contributed by atoms with E-state index in [-0.39, 0.29) is 5.56 Å². The quantitative estimate of drug-likeness (QED) is 0.676. The van der Waals surface area contributed by atoms with Gasteiger partial charge in [0.05, 0.1) is 16.9 Å². The van der Waals surface area contributed by atoms with Crippen LogP contribution in [0.4, 0.5) is 11.4 Å². The third-order valence-corrected chi connectivity index (χ3v) is 2.36. The van der Waals surface area contributed by atoms with Crippen LogP contribution in [-0.2, 0) is 6.42 Å². The molecule has 2 aromatic rings. The van der Waals surface area contributed by atoms with Crippen molar-refractivity contribution in [2.75, 3.05) is 17.6 Å². The van der Waals surface area contributed by atoms with Crippen LogP contribution in [0.2, 0.25) is 0 Å². The first-order valence-electron chi connectivity index (χ1n) is 5.29. The fraction of sp³-hybridized carbons (Fsp3) is 0.182. The van der Waals surface area contributed by atoms with E-state index in [4.69, 9.17) is 15.4 Å². The summed E-state index contributed by atoms with van der Waals surface area (Å²) in [6.45, 7) is 0.523. The molecule has 1 heterocycles. The fourth-order valence-corrected chi connectivity index (χ4v) is 1.45. The predicted molar refractivity (Wildman–Crippen MR) is 64.3 cm³/mol. The molecule has 0 aliphatic carbocycles. The SMILES string of the molecule is Nc1ccc(C(=O)O)cc1NCCc1ncno1. The van der Waals surface area contributed by atoms with Crippen LogP contribution in [0.15, 0.2) is 29.0 Å². The highest BCUT2D eigenvalue weighted by Gasteiger charge is 2.06. The molecule has 4 N–H and O–H groups in total. The molecule has 0 atom stereocenters. The van der Waals surface area contributed by atoms with Crippen molar-refractivity contribution in [1.29, 1.82) is 0 Å². The molecule has 0 unspecified atom stereocenters. The smallest absolute Gasteiger partial charge is 0.335 e. The van der Waals surface area contributed by atoms with E-state index in [2.05, 4.69) is 15.5 Å². The van der Waals surface area contributed by atoms with Gasteiger partial charge in [-0.05, 0) is 18.2 Å². The van der Waals surface area contributed by atoms with E-state index in [1.807, 2.05) is 0 Å². The van der Waals surface area contributed by atoms with E-state index in [9.17, 15) is 4.79 Å². The number of aromatic nitrogens is 2. The Balaban J connectivity index is 2.00. The van der Waals surface area contributed by atoms with E-state index < -0.39 is 5.97 Å². The summed E-state index contributed by atoms with van der Waals surface area (Å²) in [5.41, 5.74) is 7.00. The van der Waals surface area contributed by atoms with Gasteiger partial charge >= 0.3 is 5.97 Å². The molecule has 0 radical (unpaired) electrons. The molecule has 0 spiro atoms. The van der Waals surface area contributed by atoms with Gasteiger partial charge in [0.2, 0.25) is 5.89 Å². The number of hydrogen-bond acceptors (Lipinski definition) is 6. The number of nitrogens with two attached hydrogens (primary N) is 1. The minimum absolute atomic E-state index is 0.185. The zero-order valence-electron chi connectivity index (χ0n) is 9.46. The molecule has 1 aromatic carbocycles. The van der Waals surface area contributed by atoms with Crippen molar-refractivity contribution in [2.45, 2.75) is 6.42 Å². The van der Waals surface area contributed by atoms with Crippen molar-refractivity contribution in [1.82, 2.24) is 10.1 Å². The van der Waals surface area contributed by atoms with Crippen molar-refractivity contribution >= 4 is 17.3 Å². The van der Waals surface area contributed by atoms with Gasteiger partial charge in [-0.15, -0.1) is 0 Å². The van der Waals surface area contributed by atoms with Crippen LogP contribution in [0.3, 0.4) is 0 Å². The second-order valence-corrected chi connectivity index (χ2v) is 3.62. The van der Waals surface area contributed by atoms with Gasteiger partial charge in [-0.3, -0.25) is 0 Å². The Morgan fingerprint density at radius 2 is 2.33 bits per heavy atom. The first-order chi connectivity index (χ1) is 8.66. The van der Waals surface area contributed by atoms with Crippen molar-refractivity contribution < 1.29 is 14.4 Å². The number of hydrogen-bond donors (Lipinski definition) is 3. The lowest BCUT2D eigenvalue weighted by Gasteiger charge is -2.08.